The summed E-state index contributed by atoms with van der Waals surface area (Å²) in [6.07, 6.45) is 2.14. The number of hydrogen-bond donors (Lipinski definition) is 1. The third kappa shape index (κ3) is 7.51. The fourth-order valence-electron chi connectivity index (χ4n) is 3.73. The van der Waals surface area contributed by atoms with Crippen molar-refractivity contribution in [3.63, 3.8) is 0 Å². The van der Waals surface area contributed by atoms with E-state index in [1.165, 1.54) is 24.3 Å². The minimum atomic E-state index is -0.753. The van der Waals surface area contributed by atoms with Gasteiger partial charge in [-0.3, -0.25) is 9.59 Å². The van der Waals surface area contributed by atoms with Crippen molar-refractivity contribution < 1.29 is 18.4 Å². The van der Waals surface area contributed by atoms with Crippen LogP contribution in [0.1, 0.15) is 36.5 Å². The van der Waals surface area contributed by atoms with Gasteiger partial charge in [0.1, 0.15) is 17.7 Å². The van der Waals surface area contributed by atoms with Crippen LogP contribution in [0.25, 0.3) is 0 Å². The molecule has 178 valence electrons. The van der Waals surface area contributed by atoms with E-state index in [1.54, 1.807) is 29.2 Å². The summed E-state index contributed by atoms with van der Waals surface area (Å²) in [6.45, 7) is 2.72. The van der Waals surface area contributed by atoms with Crippen molar-refractivity contribution in [2.45, 2.75) is 45.2 Å². The van der Waals surface area contributed by atoms with E-state index in [-0.39, 0.29) is 36.4 Å². The third-order valence-corrected chi connectivity index (χ3v) is 5.64. The van der Waals surface area contributed by atoms with Crippen molar-refractivity contribution >= 4 is 11.8 Å². The van der Waals surface area contributed by atoms with Gasteiger partial charge in [0.25, 0.3) is 0 Å². The molecule has 0 spiro atoms. The highest BCUT2D eigenvalue weighted by molar-refractivity contribution is 5.88. The summed E-state index contributed by atoms with van der Waals surface area (Å²) in [5, 5.41) is 2.96. The minimum Gasteiger partial charge on any atom is -0.354 e. The van der Waals surface area contributed by atoms with Gasteiger partial charge in [0.2, 0.25) is 11.8 Å². The number of carbonyl (C=O) groups excluding carboxylic acids is 2. The summed E-state index contributed by atoms with van der Waals surface area (Å²) in [4.78, 5) is 28.4. The number of halogens is 2. The molecular formula is C28H30F2N2O2. The predicted octanol–water partition coefficient (Wildman–Crippen LogP) is 5.06. The van der Waals surface area contributed by atoms with Crippen LogP contribution in [-0.2, 0) is 29.0 Å². The highest BCUT2D eigenvalue weighted by Crippen LogP contribution is 2.17. The molecular weight excluding hydrogens is 434 g/mol. The molecule has 0 aliphatic carbocycles. The minimum absolute atomic E-state index is 0.0228. The van der Waals surface area contributed by atoms with Crippen LogP contribution in [-0.4, -0.2) is 29.3 Å². The predicted molar refractivity (Wildman–Crippen MR) is 129 cm³/mol. The molecule has 0 fully saturated rings. The molecule has 0 radical (unpaired) electrons. The second kappa shape index (κ2) is 12.6. The van der Waals surface area contributed by atoms with Gasteiger partial charge in [-0.1, -0.05) is 67.9 Å². The zero-order valence-corrected chi connectivity index (χ0v) is 19.3. The van der Waals surface area contributed by atoms with Gasteiger partial charge in [0.05, 0.1) is 6.42 Å². The molecule has 0 unspecified atom stereocenters. The van der Waals surface area contributed by atoms with Crippen molar-refractivity contribution in [3.05, 3.63) is 107 Å². The maximum Gasteiger partial charge on any atom is 0.243 e. The van der Waals surface area contributed by atoms with E-state index in [2.05, 4.69) is 5.32 Å². The maximum absolute atomic E-state index is 13.5. The first-order chi connectivity index (χ1) is 16.5. The Labute approximate surface area is 199 Å². The van der Waals surface area contributed by atoms with Crippen LogP contribution in [0.5, 0.6) is 0 Å². The Morgan fingerprint density at radius 1 is 0.824 bits per heavy atom. The van der Waals surface area contributed by atoms with Crippen molar-refractivity contribution in [1.82, 2.24) is 10.2 Å². The van der Waals surface area contributed by atoms with E-state index in [0.717, 1.165) is 18.4 Å². The molecule has 0 aliphatic heterocycles. The summed E-state index contributed by atoms with van der Waals surface area (Å²) in [5.74, 6) is -1.24. The normalized spacial score (nSPS) is 11.6. The van der Waals surface area contributed by atoms with Gasteiger partial charge in [0, 0.05) is 19.5 Å². The molecule has 4 nitrogen and oxygen atoms in total. The number of rotatable bonds is 11. The lowest BCUT2D eigenvalue weighted by atomic mass is 10.0. The number of carbonyl (C=O) groups is 2. The quantitative estimate of drug-likeness (QED) is 0.403. The standard InChI is InChI=1S/C28H30F2N2O2/c1-2-3-17-31-28(34)26(18-21-7-5-4-6-8-21)32(20-23-11-15-25(30)16-12-23)27(33)19-22-9-13-24(29)14-10-22/h4-16,26H,2-3,17-20H2,1H3,(H,31,34)/t26-/m0/s1. The van der Waals surface area contributed by atoms with E-state index in [1.807, 2.05) is 37.3 Å². The summed E-state index contributed by atoms with van der Waals surface area (Å²) in [5.41, 5.74) is 2.30. The van der Waals surface area contributed by atoms with Crippen LogP contribution < -0.4 is 5.32 Å². The molecule has 1 atom stereocenters. The Balaban J connectivity index is 1.92. The molecule has 6 heteroatoms. The molecule has 0 heterocycles. The first-order valence-electron chi connectivity index (χ1n) is 11.6. The van der Waals surface area contributed by atoms with Gasteiger partial charge < -0.3 is 10.2 Å². The zero-order valence-electron chi connectivity index (χ0n) is 19.3. The first-order valence-corrected chi connectivity index (χ1v) is 11.6. The van der Waals surface area contributed by atoms with Crippen molar-refractivity contribution in [1.29, 1.82) is 0 Å². The Kier molecular flexibility index (Phi) is 9.32. The maximum atomic E-state index is 13.5. The molecule has 3 aromatic rings. The van der Waals surface area contributed by atoms with Crippen molar-refractivity contribution in [2.24, 2.45) is 0 Å². The van der Waals surface area contributed by atoms with Crippen LogP contribution in [0.3, 0.4) is 0 Å². The smallest absolute Gasteiger partial charge is 0.243 e. The number of unbranched alkanes of at least 4 members (excludes halogenated alkanes) is 1. The van der Waals surface area contributed by atoms with Crippen LogP contribution in [0.4, 0.5) is 8.78 Å². The molecule has 3 aromatic carbocycles. The van der Waals surface area contributed by atoms with Gasteiger partial charge in [-0.25, -0.2) is 8.78 Å². The average molecular weight is 465 g/mol. The van der Waals surface area contributed by atoms with Crippen molar-refractivity contribution in [3.8, 4) is 0 Å². The number of amides is 2. The summed E-state index contributed by atoms with van der Waals surface area (Å²) in [6, 6.07) is 20.4. The molecule has 0 aliphatic rings. The lowest BCUT2D eigenvalue weighted by molar-refractivity contribution is -0.140. The first kappa shape index (κ1) is 25.1. The topological polar surface area (TPSA) is 49.4 Å². The van der Waals surface area contributed by atoms with Crippen molar-refractivity contribution in [2.75, 3.05) is 6.54 Å². The fraction of sp³-hybridized carbons (Fsp3) is 0.286. The number of nitrogens with one attached hydrogen (secondary N) is 1. The van der Waals surface area contributed by atoms with Gasteiger partial charge in [0.15, 0.2) is 0 Å². The third-order valence-electron chi connectivity index (χ3n) is 5.64. The lowest BCUT2D eigenvalue weighted by Crippen LogP contribution is -2.51. The molecule has 34 heavy (non-hydrogen) atoms. The van der Waals surface area contributed by atoms with Gasteiger partial charge in [-0.2, -0.15) is 0 Å². The van der Waals surface area contributed by atoms with Gasteiger partial charge >= 0.3 is 0 Å². The monoisotopic (exact) mass is 464 g/mol. The van der Waals surface area contributed by atoms with E-state index < -0.39 is 6.04 Å². The molecule has 0 saturated carbocycles. The molecule has 1 N–H and O–H groups in total. The van der Waals surface area contributed by atoms with Gasteiger partial charge in [-0.15, -0.1) is 0 Å². The molecule has 0 bridgehead atoms. The Morgan fingerprint density at radius 3 is 2.00 bits per heavy atom. The zero-order chi connectivity index (χ0) is 24.3. The second-order valence-electron chi connectivity index (χ2n) is 8.30. The number of nitrogens with zero attached hydrogens (tertiary/aromatic N) is 1. The summed E-state index contributed by atoms with van der Waals surface area (Å²) in [7, 11) is 0. The second-order valence-corrected chi connectivity index (χ2v) is 8.30. The van der Waals surface area contributed by atoms with Crippen LogP contribution in [0, 0.1) is 11.6 Å². The highest BCUT2D eigenvalue weighted by Gasteiger charge is 2.30. The van der Waals surface area contributed by atoms with E-state index in [9.17, 15) is 18.4 Å². The summed E-state index contributed by atoms with van der Waals surface area (Å²) >= 11 is 0. The van der Waals surface area contributed by atoms with E-state index >= 15 is 0 Å². The molecule has 0 saturated heterocycles. The number of benzene rings is 3. The largest absolute Gasteiger partial charge is 0.354 e. The lowest BCUT2D eigenvalue weighted by Gasteiger charge is -2.31. The SMILES string of the molecule is CCCCNC(=O)[C@H](Cc1ccccc1)N(Cc1ccc(F)cc1)C(=O)Cc1ccc(F)cc1. The molecule has 2 amide bonds. The Bertz CT molecular complexity index is 1050. The average Bonchev–Trinajstić information content (AvgIpc) is 2.84. The van der Waals surface area contributed by atoms with E-state index in [0.29, 0.717) is 24.1 Å². The van der Waals surface area contributed by atoms with Crippen LogP contribution in [0.2, 0.25) is 0 Å². The molecule has 3 rings (SSSR count). The molecule has 0 aromatic heterocycles. The van der Waals surface area contributed by atoms with Gasteiger partial charge in [-0.05, 0) is 47.4 Å². The highest BCUT2D eigenvalue weighted by atomic mass is 19.1. The number of hydrogen-bond acceptors (Lipinski definition) is 2. The van der Waals surface area contributed by atoms with E-state index in [4.69, 9.17) is 0 Å². The summed E-state index contributed by atoms with van der Waals surface area (Å²) < 4.78 is 26.8. The Morgan fingerprint density at radius 2 is 1.41 bits per heavy atom. The Hall–Kier alpha value is -3.54. The van der Waals surface area contributed by atoms with Crippen LogP contribution in [0.15, 0.2) is 78.9 Å². The fourth-order valence-corrected chi connectivity index (χ4v) is 3.73. The van der Waals surface area contributed by atoms with Crippen LogP contribution >= 0.6 is 0 Å².